The summed E-state index contributed by atoms with van der Waals surface area (Å²) in [6.07, 6.45) is 7.02. The normalized spacial score (nSPS) is 10.7. The fourth-order valence-corrected chi connectivity index (χ4v) is 2.74. The first-order chi connectivity index (χ1) is 14.5. The number of nitrogens with zero attached hydrogens (tertiary/aromatic N) is 5. The lowest BCUT2D eigenvalue weighted by Crippen LogP contribution is -2.29. The Balaban J connectivity index is 1.67. The number of carbonyl (C=O) groups excluding carboxylic acids is 1. The molecule has 0 aliphatic rings. The minimum Gasteiger partial charge on any atom is -0.465 e. The molecule has 0 saturated heterocycles. The van der Waals surface area contributed by atoms with Crippen LogP contribution in [0.1, 0.15) is 26.2 Å². The van der Waals surface area contributed by atoms with Gasteiger partial charge in [-0.3, -0.25) is 15.0 Å². The van der Waals surface area contributed by atoms with Gasteiger partial charge in [0.25, 0.3) is 0 Å². The Bertz CT molecular complexity index is 1020. The van der Waals surface area contributed by atoms with Crippen LogP contribution in [0.2, 0.25) is 0 Å². The average molecular weight is 412 g/mol. The van der Waals surface area contributed by atoms with E-state index in [-0.39, 0.29) is 12.6 Å². The van der Waals surface area contributed by atoms with Gasteiger partial charge in [0.1, 0.15) is 11.3 Å². The zero-order chi connectivity index (χ0) is 21.3. The molecular formula is C19H24N8O3. The highest BCUT2D eigenvalue weighted by molar-refractivity contribution is 5.89. The molecule has 3 aromatic rings. The molecule has 3 amide bonds. The van der Waals surface area contributed by atoms with Crippen LogP contribution in [0.3, 0.4) is 0 Å². The van der Waals surface area contributed by atoms with Gasteiger partial charge in [-0.25, -0.2) is 19.6 Å². The predicted molar refractivity (Wildman–Crippen MR) is 111 cm³/mol. The number of urea groups is 1. The monoisotopic (exact) mass is 412 g/mol. The smallest absolute Gasteiger partial charge is 0.404 e. The molecule has 158 valence electrons. The maximum absolute atomic E-state index is 12.0. The highest BCUT2D eigenvalue weighted by Crippen LogP contribution is 2.19. The Kier molecular flexibility index (Phi) is 7.09. The molecule has 0 aliphatic carbocycles. The van der Waals surface area contributed by atoms with Crippen molar-refractivity contribution in [3.05, 3.63) is 30.7 Å². The summed E-state index contributed by atoms with van der Waals surface area (Å²) in [5.74, 6) is 0.386. The van der Waals surface area contributed by atoms with Crippen LogP contribution < -0.4 is 16.0 Å². The lowest BCUT2D eigenvalue weighted by molar-refractivity contribution is 0.194. The molecule has 0 bridgehead atoms. The van der Waals surface area contributed by atoms with Gasteiger partial charge < -0.3 is 15.7 Å². The summed E-state index contributed by atoms with van der Waals surface area (Å²) in [5, 5.41) is 20.6. The number of aromatic nitrogens is 5. The molecule has 0 aliphatic heterocycles. The fraction of sp³-hybridized carbons (Fsp3) is 0.368. The molecule has 0 atom stereocenters. The Morgan fingerprint density at radius 2 is 1.97 bits per heavy atom. The molecule has 30 heavy (non-hydrogen) atoms. The van der Waals surface area contributed by atoms with Gasteiger partial charge in [-0.2, -0.15) is 5.10 Å². The van der Waals surface area contributed by atoms with Crippen LogP contribution in [0.5, 0.6) is 0 Å². The van der Waals surface area contributed by atoms with E-state index in [0.29, 0.717) is 35.8 Å². The van der Waals surface area contributed by atoms with Gasteiger partial charge >= 0.3 is 12.1 Å². The van der Waals surface area contributed by atoms with E-state index in [1.807, 2.05) is 0 Å². The summed E-state index contributed by atoms with van der Waals surface area (Å²) in [4.78, 5) is 35.7. The molecule has 11 heteroatoms. The first-order valence-electron chi connectivity index (χ1n) is 9.73. The Morgan fingerprint density at radius 1 is 1.10 bits per heavy atom. The zero-order valence-corrected chi connectivity index (χ0v) is 16.6. The lowest BCUT2D eigenvalue weighted by Gasteiger charge is -2.07. The van der Waals surface area contributed by atoms with Gasteiger partial charge in [-0.1, -0.05) is 19.8 Å². The quantitative estimate of drug-likeness (QED) is 0.395. The molecule has 0 radical (unpaired) electrons. The van der Waals surface area contributed by atoms with Crippen molar-refractivity contribution >= 4 is 29.1 Å². The van der Waals surface area contributed by atoms with Crippen molar-refractivity contribution in [1.82, 2.24) is 35.4 Å². The summed E-state index contributed by atoms with van der Waals surface area (Å²) in [6.45, 7) is 3.36. The number of hydrogen-bond donors (Lipinski definition) is 4. The summed E-state index contributed by atoms with van der Waals surface area (Å²) in [5.41, 5.74) is 2.31. The average Bonchev–Trinajstić information content (AvgIpc) is 3.19. The number of anilines is 1. The number of hydrogen-bond acceptors (Lipinski definition) is 6. The Hall–Kier alpha value is -3.76. The van der Waals surface area contributed by atoms with Crippen molar-refractivity contribution in [1.29, 1.82) is 0 Å². The molecule has 11 nitrogen and oxygen atoms in total. The summed E-state index contributed by atoms with van der Waals surface area (Å²) >= 11 is 0. The molecule has 3 aromatic heterocycles. The minimum absolute atomic E-state index is 0.247. The Morgan fingerprint density at radius 3 is 2.77 bits per heavy atom. The number of amides is 3. The van der Waals surface area contributed by atoms with Crippen LogP contribution in [-0.4, -0.2) is 55.1 Å². The highest BCUT2D eigenvalue weighted by atomic mass is 16.4. The van der Waals surface area contributed by atoms with Gasteiger partial charge in [0.2, 0.25) is 0 Å². The number of rotatable bonds is 9. The van der Waals surface area contributed by atoms with Gasteiger partial charge in [-0.05, 0) is 18.6 Å². The van der Waals surface area contributed by atoms with Crippen molar-refractivity contribution in [3.8, 4) is 11.3 Å². The van der Waals surface area contributed by atoms with Crippen LogP contribution in [0.25, 0.3) is 22.4 Å². The molecule has 0 unspecified atom stereocenters. The van der Waals surface area contributed by atoms with Gasteiger partial charge in [0.15, 0.2) is 5.65 Å². The predicted octanol–water partition coefficient (Wildman–Crippen LogP) is 2.47. The number of nitrogens with one attached hydrogen (secondary N) is 3. The van der Waals surface area contributed by atoms with Crippen molar-refractivity contribution in [2.75, 3.05) is 18.4 Å². The van der Waals surface area contributed by atoms with E-state index in [1.54, 1.807) is 35.4 Å². The lowest BCUT2D eigenvalue weighted by atomic mass is 10.2. The topological polar surface area (TPSA) is 147 Å². The van der Waals surface area contributed by atoms with Crippen molar-refractivity contribution < 1.29 is 14.7 Å². The number of unbranched alkanes of at least 4 members (excludes halogenated alkanes) is 2. The van der Waals surface area contributed by atoms with E-state index in [9.17, 15) is 9.59 Å². The van der Waals surface area contributed by atoms with E-state index in [2.05, 4.69) is 42.9 Å². The van der Waals surface area contributed by atoms with Crippen LogP contribution in [-0.2, 0) is 6.54 Å². The number of fused-ring (bicyclic) bond motifs is 1. The number of pyridine rings is 1. The zero-order valence-electron chi connectivity index (χ0n) is 16.6. The van der Waals surface area contributed by atoms with Crippen LogP contribution in [0.15, 0.2) is 30.7 Å². The van der Waals surface area contributed by atoms with E-state index < -0.39 is 6.09 Å². The molecular weight excluding hydrogens is 388 g/mol. The summed E-state index contributed by atoms with van der Waals surface area (Å²) < 4.78 is 1.62. The van der Waals surface area contributed by atoms with E-state index >= 15 is 0 Å². The maximum Gasteiger partial charge on any atom is 0.404 e. The standard InChI is InChI=1S/C19H24N8O3/c1-2-3-4-7-20-18(28)26-16-6-5-14-17(25-16)24-15(11-22-14)13-10-23-27(12-13)9-8-21-19(29)30/h5-6,10-12,21H,2-4,7-9H2,1H3,(H,29,30)(H2,20,24,25,26,28). The molecule has 0 spiro atoms. The van der Waals surface area contributed by atoms with Crippen LogP contribution in [0, 0.1) is 0 Å². The SMILES string of the molecule is CCCCCNC(=O)Nc1ccc2ncc(-c3cnn(CCNC(=O)O)c3)nc2n1. The van der Waals surface area contributed by atoms with E-state index in [4.69, 9.17) is 5.11 Å². The summed E-state index contributed by atoms with van der Waals surface area (Å²) in [6, 6.07) is 3.11. The van der Waals surface area contributed by atoms with Crippen molar-refractivity contribution in [2.45, 2.75) is 32.7 Å². The summed E-state index contributed by atoms with van der Waals surface area (Å²) in [7, 11) is 0. The third-order valence-electron chi connectivity index (χ3n) is 4.26. The number of carboxylic acid groups (broad SMARTS) is 1. The molecule has 0 aromatic carbocycles. The Labute approximate surface area is 172 Å². The second-order valence-corrected chi connectivity index (χ2v) is 6.61. The number of carbonyl (C=O) groups is 2. The second-order valence-electron chi connectivity index (χ2n) is 6.61. The van der Waals surface area contributed by atoms with E-state index in [0.717, 1.165) is 24.8 Å². The van der Waals surface area contributed by atoms with Crippen molar-refractivity contribution in [2.24, 2.45) is 0 Å². The second kappa shape index (κ2) is 10.1. The first-order valence-corrected chi connectivity index (χ1v) is 9.73. The molecule has 4 N–H and O–H groups in total. The molecule has 0 saturated carbocycles. The van der Waals surface area contributed by atoms with E-state index in [1.165, 1.54) is 0 Å². The van der Waals surface area contributed by atoms with Gasteiger partial charge in [0.05, 0.1) is 24.6 Å². The molecule has 0 fully saturated rings. The van der Waals surface area contributed by atoms with Gasteiger partial charge in [-0.15, -0.1) is 0 Å². The van der Waals surface area contributed by atoms with Crippen LogP contribution >= 0.6 is 0 Å². The van der Waals surface area contributed by atoms with Gasteiger partial charge in [0, 0.05) is 24.8 Å². The first kappa shape index (κ1) is 21.0. The van der Waals surface area contributed by atoms with Crippen molar-refractivity contribution in [3.63, 3.8) is 0 Å². The molecule has 3 rings (SSSR count). The molecule has 3 heterocycles. The third-order valence-corrected chi connectivity index (χ3v) is 4.26. The minimum atomic E-state index is -1.08. The maximum atomic E-state index is 12.0. The van der Waals surface area contributed by atoms with Crippen LogP contribution in [0.4, 0.5) is 15.4 Å². The third kappa shape index (κ3) is 5.87. The fourth-order valence-electron chi connectivity index (χ4n) is 2.74. The largest absolute Gasteiger partial charge is 0.465 e. The highest BCUT2D eigenvalue weighted by Gasteiger charge is 2.09.